The van der Waals surface area contributed by atoms with Crippen molar-refractivity contribution in [3.05, 3.63) is 84.4 Å². The van der Waals surface area contributed by atoms with Gasteiger partial charge in [-0.15, -0.1) is 0 Å². The van der Waals surface area contributed by atoms with E-state index >= 15 is 0 Å². The fourth-order valence-electron chi connectivity index (χ4n) is 3.87. The molecule has 0 fully saturated rings. The number of imidazole rings is 1. The maximum atomic E-state index is 13.1. The lowest BCUT2D eigenvalue weighted by molar-refractivity contribution is -0.119. The summed E-state index contributed by atoms with van der Waals surface area (Å²) in [7, 11) is 1.85. The van der Waals surface area contributed by atoms with Gasteiger partial charge in [-0.1, -0.05) is 30.3 Å². The van der Waals surface area contributed by atoms with Gasteiger partial charge in [0.2, 0.25) is 5.95 Å². The van der Waals surface area contributed by atoms with Crippen molar-refractivity contribution in [2.45, 2.75) is 32.1 Å². The highest BCUT2D eigenvalue weighted by molar-refractivity contribution is 6.04. The summed E-state index contributed by atoms with van der Waals surface area (Å²) in [6, 6.07) is 17.1. The average molecular weight is 472 g/mol. The molecule has 0 spiro atoms. The molecular formula is C27H29N5O3. The summed E-state index contributed by atoms with van der Waals surface area (Å²) in [5, 5.41) is 16.0. The first-order valence-electron chi connectivity index (χ1n) is 11.7. The van der Waals surface area contributed by atoms with Gasteiger partial charge >= 0.3 is 0 Å². The molecule has 0 aliphatic heterocycles. The number of benzene rings is 2. The van der Waals surface area contributed by atoms with Crippen molar-refractivity contribution < 1.29 is 14.7 Å². The molecule has 0 bridgehead atoms. The Hall–Kier alpha value is -4.04. The number of hydrogen-bond acceptors (Lipinski definition) is 5. The van der Waals surface area contributed by atoms with Crippen LogP contribution in [0.25, 0.3) is 16.8 Å². The quantitative estimate of drug-likeness (QED) is 0.342. The maximum Gasteiger partial charge on any atom is 0.258 e. The second kappa shape index (κ2) is 11.4. The number of carbonyl (C=O) groups excluding carboxylic acids is 2. The SMILES string of the molecule is Cn1cc(-c2cccc(C(=O)Nc3nc(CCCC(=O)CCCO)cn3-c3ccccc3)c2)cn1. The van der Waals surface area contributed by atoms with Crippen LogP contribution in [-0.2, 0) is 18.3 Å². The molecule has 0 saturated carbocycles. The van der Waals surface area contributed by atoms with Crippen molar-refractivity contribution in [1.29, 1.82) is 0 Å². The monoisotopic (exact) mass is 471 g/mol. The molecule has 1 amide bonds. The summed E-state index contributed by atoms with van der Waals surface area (Å²) in [5.41, 5.74) is 4.03. The molecule has 0 unspecified atom stereocenters. The molecule has 0 aliphatic rings. The third kappa shape index (κ3) is 6.30. The van der Waals surface area contributed by atoms with Crippen LogP contribution in [0.3, 0.4) is 0 Å². The molecule has 0 saturated heterocycles. The Morgan fingerprint density at radius 1 is 0.971 bits per heavy atom. The van der Waals surface area contributed by atoms with E-state index in [-0.39, 0.29) is 18.3 Å². The molecule has 0 radical (unpaired) electrons. The standard InChI is InChI=1S/C27H29N5O3/c1-31-18-22(17-28-31)20-8-5-9-21(16-20)26(35)30-27-29-23(10-6-13-25(34)14-7-15-33)19-32(27)24-11-3-2-4-12-24/h2-5,8-9,11-12,16-19,33H,6-7,10,13-15H2,1H3,(H,29,30,35). The van der Waals surface area contributed by atoms with Crippen LogP contribution in [0.5, 0.6) is 0 Å². The van der Waals surface area contributed by atoms with E-state index in [9.17, 15) is 9.59 Å². The first kappa shape index (κ1) is 24.1. The Balaban J connectivity index is 1.52. The average Bonchev–Trinajstić information content (AvgIpc) is 3.49. The molecule has 180 valence electrons. The summed E-state index contributed by atoms with van der Waals surface area (Å²) < 4.78 is 3.58. The van der Waals surface area contributed by atoms with Crippen molar-refractivity contribution in [2.24, 2.45) is 7.05 Å². The number of anilines is 1. The van der Waals surface area contributed by atoms with Crippen LogP contribution in [0, 0.1) is 0 Å². The van der Waals surface area contributed by atoms with Gasteiger partial charge in [-0.25, -0.2) is 4.98 Å². The Labute approximate surface area is 204 Å². The summed E-state index contributed by atoms with van der Waals surface area (Å²) in [6.45, 7) is 0.0292. The molecule has 8 heteroatoms. The number of aliphatic hydroxyl groups is 1. The molecule has 2 aromatic heterocycles. The number of para-hydroxylation sites is 1. The lowest BCUT2D eigenvalue weighted by Crippen LogP contribution is -2.15. The van der Waals surface area contributed by atoms with Crippen LogP contribution in [0.15, 0.2) is 73.2 Å². The van der Waals surface area contributed by atoms with Crippen LogP contribution in [0.1, 0.15) is 41.7 Å². The molecular weight excluding hydrogens is 442 g/mol. The highest BCUT2D eigenvalue weighted by Gasteiger charge is 2.15. The van der Waals surface area contributed by atoms with Crippen molar-refractivity contribution in [2.75, 3.05) is 11.9 Å². The topological polar surface area (TPSA) is 102 Å². The number of rotatable bonds is 11. The van der Waals surface area contributed by atoms with E-state index in [4.69, 9.17) is 5.11 Å². The van der Waals surface area contributed by atoms with Gasteiger partial charge in [-0.3, -0.25) is 24.2 Å². The lowest BCUT2D eigenvalue weighted by Gasteiger charge is -2.09. The first-order valence-corrected chi connectivity index (χ1v) is 11.7. The summed E-state index contributed by atoms with van der Waals surface area (Å²) in [4.78, 5) is 29.7. The van der Waals surface area contributed by atoms with Crippen LogP contribution in [-0.4, -0.2) is 42.7 Å². The van der Waals surface area contributed by atoms with E-state index in [1.165, 1.54) is 0 Å². The Kier molecular flexibility index (Phi) is 7.84. The van der Waals surface area contributed by atoms with Gasteiger partial charge in [0, 0.05) is 55.7 Å². The number of carbonyl (C=O) groups is 2. The third-order valence-electron chi connectivity index (χ3n) is 5.68. The second-order valence-electron chi connectivity index (χ2n) is 8.42. The predicted molar refractivity (Wildman–Crippen MR) is 134 cm³/mol. The molecule has 8 nitrogen and oxygen atoms in total. The van der Waals surface area contributed by atoms with E-state index in [0.717, 1.165) is 22.5 Å². The minimum absolute atomic E-state index is 0.0292. The fourth-order valence-corrected chi connectivity index (χ4v) is 3.87. The first-order chi connectivity index (χ1) is 17.0. The minimum Gasteiger partial charge on any atom is -0.396 e. The third-order valence-corrected chi connectivity index (χ3v) is 5.68. The largest absolute Gasteiger partial charge is 0.396 e. The molecule has 2 N–H and O–H groups in total. The zero-order chi connectivity index (χ0) is 24.6. The summed E-state index contributed by atoms with van der Waals surface area (Å²) >= 11 is 0. The predicted octanol–water partition coefficient (Wildman–Crippen LogP) is 4.19. The summed E-state index contributed by atoms with van der Waals surface area (Å²) in [6.07, 6.45) is 8.19. The van der Waals surface area contributed by atoms with E-state index < -0.39 is 0 Å². The molecule has 35 heavy (non-hydrogen) atoms. The zero-order valence-electron chi connectivity index (χ0n) is 19.7. The van der Waals surface area contributed by atoms with Crippen molar-refractivity contribution >= 4 is 17.6 Å². The van der Waals surface area contributed by atoms with Gasteiger partial charge in [-0.05, 0) is 49.1 Å². The van der Waals surface area contributed by atoms with E-state index in [1.807, 2.05) is 72.5 Å². The van der Waals surface area contributed by atoms with Crippen molar-refractivity contribution in [1.82, 2.24) is 19.3 Å². The molecule has 0 aliphatic carbocycles. The van der Waals surface area contributed by atoms with Gasteiger partial charge in [0.25, 0.3) is 5.91 Å². The number of aliphatic hydroxyl groups excluding tert-OH is 1. The van der Waals surface area contributed by atoms with Gasteiger partial charge in [0.1, 0.15) is 5.78 Å². The Bertz CT molecular complexity index is 1290. The van der Waals surface area contributed by atoms with Gasteiger partial charge in [0.15, 0.2) is 0 Å². The normalized spacial score (nSPS) is 10.9. The highest BCUT2D eigenvalue weighted by Crippen LogP contribution is 2.22. The van der Waals surface area contributed by atoms with Crippen molar-refractivity contribution in [3.63, 3.8) is 0 Å². The number of aromatic nitrogens is 4. The van der Waals surface area contributed by atoms with Crippen LogP contribution in [0.4, 0.5) is 5.95 Å². The number of nitrogens with one attached hydrogen (secondary N) is 1. The van der Waals surface area contributed by atoms with Gasteiger partial charge in [-0.2, -0.15) is 5.10 Å². The van der Waals surface area contributed by atoms with Crippen LogP contribution in [0.2, 0.25) is 0 Å². The highest BCUT2D eigenvalue weighted by atomic mass is 16.3. The molecule has 4 aromatic rings. The number of nitrogens with zero attached hydrogens (tertiary/aromatic N) is 4. The number of amides is 1. The molecule has 4 rings (SSSR count). The fraction of sp³-hybridized carbons (Fsp3) is 0.259. The van der Waals surface area contributed by atoms with Gasteiger partial charge in [0.05, 0.1) is 11.9 Å². The lowest BCUT2D eigenvalue weighted by atomic mass is 10.1. The van der Waals surface area contributed by atoms with Crippen LogP contribution >= 0.6 is 0 Å². The Morgan fingerprint density at radius 3 is 2.51 bits per heavy atom. The number of Topliss-reactive ketones (excluding diaryl/α,β-unsaturated/α-hetero) is 1. The molecule has 2 aromatic carbocycles. The molecule has 2 heterocycles. The van der Waals surface area contributed by atoms with Gasteiger partial charge < -0.3 is 5.11 Å². The second-order valence-corrected chi connectivity index (χ2v) is 8.42. The van der Waals surface area contributed by atoms with E-state index in [2.05, 4.69) is 15.4 Å². The minimum atomic E-state index is -0.260. The summed E-state index contributed by atoms with van der Waals surface area (Å²) in [5.74, 6) is 0.308. The zero-order valence-corrected chi connectivity index (χ0v) is 19.7. The van der Waals surface area contributed by atoms with E-state index in [0.29, 0.717) is 43.6 Å². The Morgan fingerprint density at radius 2 is 1.77 bits per heavy atom. The van der Waals surface area contributed by atoms with Crippen LogP contribution < -0.4 is 5.32 Å². The number of ketones is 1. The smallest absolute Gasteiger partial charge is 0.258 e. The molecule has 0 atom stereocenters. The van der Waals surface area contributed by atoms with Crippen molar-refractivity contribution in [3.8, 4) is 16.8 Å². The number of hydrogen-bond donors (Lipinski definition) is 2. The maximum absolute atomic E-state index is 13.1. The number of aryl methyl sites for hydroxylation is 2. The van der Waals surface area contributed by atoms with E-state index in [1.54, 1.807) is 16.9 Å².